The molecule has 5 nitrogen and oxygen atoms in total. The molecule has 0 bridgehead atoms. The van der Waals surface area contributed by atoms with Crippen LogP contribution in [0.1, 0.15) is 13.8 Å². The largest absolute Gasteiger partial charge is 0.381 e. The monoisotopic (exact) mass is 264 g/mol. The molecule has 0 spiro atoms. The highest BCUT2D eigenvalue weighted by molar-refractivity contribution is 5.52. The van der Waals surface area contributed by atoms with Crippen molar-refractivity contribution in [3.8, 4) is 0 Å². The number of pyridine rings is 1. The lowest BCUT2D eigenvalue weighted by Gasteiger charge is -2.29. The molecule has 2 N–H and O–H groups in total. The summed E-state index contributed by atoms with van der Waals surface area (Å²) in [6, 6.07) is 4.48. The molecule has 1 aliphatic rings. The van der Waals surface area contributed by atoms with Crippen LogP contribution < -0.4 is 10.6 Å². The minimum absolute atomic E-state index is 0.412. The van der Waals surface area contributed by atoms with Crippen molar-refractivity contribution < 1.29 is 4.74 Å². The van der Waals surface area contributed by atoms with Crippen LogP contribution in [0.25, 0.3) is 0 Å². The van der Waals surface area contributed by atoms with E-state index in [0.29, 0.717) is 6.04 Å². The van der Waals surface area contributed by atoms with E-state index in [2.05, 4.69) is 40.4 Å². The first kappa shape index (κ1) is 14.1. The molecular weight excluding hydrogens is 240 g/mol. The highest BCUT2D eigenvalue weighted by atomic mass is 16.5. The van der Waals surface area contributed by atoms with E-state index in [-0.39, 0.29) is 0 Å². The van der Waals surface area contributed by atoms with E-state index in [1.807, 2.05) is 12.3 Å². The van der Waals surface area contributed by atoms with Crippen LogP contribution in [0.15, 0.2) is 18.3 Å². The number of anilines is 2. The summed E-state index contributed by atoms with van der Waals surface area (Å²) in [6.07, 6.45) is 1.84. The van der Waals surface area contributed by atoms with Crippen LogP contribution in [0, 0.1) is 0 Å². The van der Waals surface area contributed by atoms with Crippen LogP contribution in [0.2, 0.25) is 0 Å². The Hall–Kier alpha value is -1.33. The van der Waals surface area contributed by atoms with Gasteiger partial charge in [0.2, 0.25) is 0 Å². The average Bonchev–Trinajstić information content (AvgIpc) is 2.40. The van der Waals surface area contributed by atoms with Crippen LogP contribution in [-0.4, -0.2) is 55.3 Å². The van der Waals surface area contributed by atoms with Crippen molar-refractivity contribution in [1.29, 1.82) is 0 Å². The molecule has 1 saturated heterocycles. The zero-order chi connectivity index (χ0) is 13.5. The van der Waals surface area contributed by atoms with E-state index in [9.17, 15) is 0 Å². The first-order valence-electron chi connectivity index (χ1n) is 7.04. The normalized spacial score (nSPS) is 18.0. The van der Waals surface area contributed by atoms with Gasteiger partial charge in [-0.15, -0.1) is 0 Å². The molecule has 1 aromatic heterocycles. The van der Waals surface area contributed by atoms with Crippen LogP contribution in [-0.2, 0) is 4.74 Å². The SMILES string of the molecule is CCNc1cc(NC(C)CN2CCOCC2)ccn1. The van der Waals surface area contributed by atoms with E-state index in [1.165, 1.54) is 0 Å². The van der Waals surface area contributed by atoms with Crippen molar-refractivity contribution in [2.45, 2.75) is 19.9 Å². The van der Waals surface area contributed by atoms with Gasteiger partial charge in [-0.3, -0.25) is 4.90 Å². The molecule has 1 unspecified atom stereocenters. The van der Waals surface area contributed by atoms with Crippen LogP contribution in [0.3, 0.4) is 0 Å². The molecule has 2 heterocycles. The standard InChI is InChI=1S/C14H24N4O/c1-3-15-14-10-13(4-5-16-14)17-12(2)11-18-6-8-19-9-7-18/h4-5,10,12H,3,6-9,11H2,1-2H3,(H2,15,16,17). The summed E-state index contributed by atoms with van der Waals surface area (Å²) in [6.45, 7) is 9.99. The molecule has 0 saturated carbocycles. The number of nitrogens with one attached hydrogen (secondary N) is 2. The molecule has 5 heteroatoms. The number of morpholine rings is 1. The highest BCUT2D eigenvalue weighted by Gasteiger charge is 2.13. The van der Waals surface area contributed by atoms with Crippen LogP contribution in [0.4, 0.5) is 11.5 Å². The summed E-state index contributed by atoms with van der Waals surface area (Å²) in [5.74, 6) is 0.922. The Labute approximate surface area is 115 Å². The third kappa shape index (κ3) is 4.69. The number of rotatable bonds is 6. The number of hydrogen-bond acceptors (Lipinski definition) is 5. The van der Waals surface area contributed by atoms with Gasteiger partial charge in [0.05, 0.1) is 13.2 Å². The lowest BCUT2D eigenvalue weighted by Crippen LogP contribution is -2.42. The average molecular weight is 264 g/mol. The molecule has 0 aliphatic carbocycles. The first-order chi connectivity index (χ1) is 9.28. The maximum Gasteiger partial charge on any atom is 0.127 e. The van der Waals surface area contributed by atoms with Crippen molar-refractivity contribution in [2.75, 3.05) is 50.0 Å². The Balaban J connectivity index is 1.83. The quantitative estimate of drug-likeness (QED) is 0.818. The highest BCUT2D eigenvalue weighted by Crippen LogP contribution is 2.13. The zero-order valence-electron chi connectivity index (χ0n) is 11.9. The lowest BCUT2D eigenvalue weighted by atomic mass is 10.2. The van der Waals surface area contributed by atoms with Gasteiger partial charge < -0.3 is 15.4 Å². The van der Waals surface area contributed by atoms with E-state index >= 15 is 0 Å². The van der Waals surface area contributed by atoms with Gasteiger partial charge in [0.15, 0.2) is 0 Å². The molecule has 19 heavy (non-hydrogen) atoms. The Morgan fingerprint density at radius 3 is 2.95 bits per heavy atom. The lowest BCUT2D eigenvalue weighted by molar-refractivity contribution is 0.0368. The fraction of sp³-hybridized carbons (Fsp3) is 0.643. The second kappa shape index (κ2) is 7.31. The third-order valence-corrected chi connectivity index (χ3v) is 3.17. The van der Waals surface area contributed by atoms with Gasteiger partial charge in [-0.2, -0.15) is 0 Å². The van der Waals surface area contributed by atoms with Gasteiger partial charge in [0.1, 0.15) is 5.82 Å². The van der Waals surface area contributed by atoms with Crippen molar-refractivity contribution in [3.05, 3.63) is 18.3 Å². The molecule has 1 aliphatic heterocycles. The Kier molecular flexibility index (Phi) is 5.42. The molecule has 1 aromatic rings. The molecule has 0 radical (unpaired) electrons. The maximum atomic E-state index is 5.36. The van der Waals surface area contributed by atoms with Gasteiger partial charge in [0.25, 0.3) is 0 Å². The molecule has 1 fully saturated rings. The third-order valence-electron chi connectivity index (χ3n) is 3.17. The maximum absolute atomic E-state index is 5.36. The topological polar surface area (TPSA) is 49.4 Å². The van der Waals surface area contributed by atoms with Crippen molar-refractivity contribution in [2.24, 2.45) is 0 Å². The molecule has 2 rings (SSSR count). The van der Waals surface area contributed by atoms with Gasteiger partial charge >= 0.3 is 0 Å². The van der Waals surface area contributed by atoms with E-state index in [1.54, 1.807) is 0 Å². The van der Waals surface area contributed by atoms with Crippen LogP contribution in [0.5, 0.6) is 0 Å². The van der Waals surface area contributed by atoms with E-state index < -0.39 is 0 Å². The van der Waals surface area contributed by atoms with E-state index in [4.69, 9.17) is 4.74 Å². The zero-order valence-corrected chi connectivity index (χ0v) is 11.9. The van der Waals surface area contributed by atoms with Crippen molar-refractivity contribution >= 4 is 11.5 Å². The minimum Gasteiger partial charge on any atom is -0.381 e. The van der Waals surface area contributed by atoms with Crippen molar-refractivity contribution in [3.63, 3.8) is 0 Å². The number of aromatic nitrogens is 1. The Morgan fingerprint density at radius 2 is 2.21 bits per heavy atom. The smallest absolute Gasteiger partial charge is 0.127 e. The fourth-order valence-electron chi connectivity index (χ4n) is 2.30. The summed E-state index contributed by atoms with van der Waals surface area (Å²) in [5.41, 5.74) is 1.12. The molecule has 0 amide bonds. The second-order valence-corrected chi connectivity index (χ2v) is 4.92. The summed E-state index contributed by atoms with van der Waals surface area (Å²) in [7, 11) is 0. The molecular formula is C14H24N4O. The summed E-state index contributed by atoms with van der Waals surface area (Å²) < 4.78 is 5.36. The molecule has 106 valence electrons. The summed E-state index contributed by atoms with van der Waals surface area (Å²) >= 11 is 0. The molecule has 1 atom stereocenters. The number of hydrogen-bond donors (Lipinski definition) is 2. The first-order valence-corrected chi connectivity index (χ1v) is 7.04. The van der Waals surface area contributed by atoms with Crippen molar-refractivity contribution in [1.82, 2.24) is 9.88 Å². The number of nitrogens with zero attached hydrogens (tertiary/aromatic N) is 2. The minimum atomic E-state index is 0.412. The van der Waals surface area contributed by atoms with Gasteiger partial charge in [-0.1, -0.05) is 0 Å². The molecule has 0 aromatic carbocycles. The van der Waals surface area contributed by atoms with Crippen LogP contribution >= 0.6 is 0 Å². The summed E-state index contributed by atoms with van der Waals surface area (Å²) in [4.78, 5) is 6.71. The van der Waals surface area contributed by atoms with E-state index in [0.717, 1.165) is 50.9 Å². The van der Waals surface area contributed by atoms with Gasteiger partial charge in [-0.25, -0.2) is 4.98 Å². The predicted octanol–water partition coefficient (Wildman–Crippen LogP) is 1.65. The second-order valence-electron chi connectivity index (χ2n) is 4.92. The Bertz CT molecular complexity index is 379. The Morgan fingerprint density at radius 1 is 1.42 bits per heavy atom. The van der Waals surface area contributed by atoms with Gasteiger partial charge in [0, 0.05) is 50.2 Å². The summed E-state index contributed by atoms with van der Waals surface area (Å²) in [5, 5.41) is 6.75. The van der Waals surface area contributed by atoms with Gasteiger partial charge in [-0.05, 0) is 19.9 Å². The predicted molar refractivity (Wildman–Crippen MR) is 78.7 cm³/mol. The fourth-order valence-corrected chi connectivity index (χ4v) is 2.30. The number of ether oxygens (including phenoxy) is 1.